The van der Waals surface area contributed by atoms with E-state index in [9.17, 15) is 22.4 Å². The lowest BCUT2D eigenvalue weighted by Gasteiger charge is -2.39. The Hall–Kier alpha value is -2.30. The van der Waals surface area contributed by atoms with Crippen LogP contribution in [0.4, 0.5) is 22.4 Å². The maximum Gasteiger partial charge on any atom is 0.392 e. The third-order valence-electron chi connectivity index (χ3n) is 4.92. The van der Waals surface area contributed by atoms with Crippen molar-refractivity contribution in [3.63, 3.8) is 0 Å². The first-order valence-corrected chi connectivity index (χ1v) is 7.54. The number of rotatable bonds is 3. The number of alkyl halides is 3. The van der Waals surface area contributed by atoms with E-state index in [2.05, 4.69) is 10.6 Å². The van der Waals surface area contributed by atoms with Gasteiger partial charge in [0.05, 0.1) is 11.5 Å². The van der Waals surface area contributed by atoms with Gasteiger partial charge in [-0.3, -0.25) is 0 Å². The Kier molecular flexibility index (Phi) is 3.90. The molecule has 0 heterocycles. The number of fused-ring (bicyclic) bond motifs is 1. The fourth-order valence-electron chi connectivity index (χ4n) is 3.78. The molecule has 3 aliphatic rings. The fourth-order valence-corrected chi connectivity index (χ4v) is 3.78. The number of urea groups is 1. The van der Waals surface area contributed by atoms with E-state index in [0.29, 0.717) is 12.8 Å². The number of carbonyl (C=O) groups excluding carboxylic acids is 1. The van der Waals surface area contributed by atoms with E-state index in [4.69, 9.17) is 5.26 Å². The van der Waals surface area contributed by atoms with E-state index in [-0.39, 0.29) is 24.1 Å². The third-order valence-corrected chi connectivity index (χ3v) is 4.92. The zero-order chi connectivity index (χ0) is 17.5. The Morgan fingerprint density at radius 1 is 1.33 bits per heavy atom. The van der Waals surface area contributed by atoms with Crippen LogP contribution < -0.4 is 10.6 Å². The number of nitrogens with zero attached hydrogens (tertiary/aromatic N) is 1. The Morgan fingerprint density at radius 2 is 2.04 bits per heavy atom. The van der Waals surface area contributed by atoms with E-state index < -0.39 is 35.4 Å². The summed E-state index contributed by atoms with van der Waals surface area (Å²) in [5.41, 5.74) is -0.783. The van der Waals surface area contributed by atoms with Gasteiger partial charge in [0.15, 0.2) is 0 Å². The zero-order valence-electron chi connectivity index (χ0n) is 12.6. The lowest BCUT2D eigenvalue weighted by Crippen LogP contribution is -2.54. The van der Waals surface area contributed by atoms with Crippen LogP contribution in [-0.4, -0.2) is 17.7 Å². The molecule has 1 atom stereocenters. The van der Waals surface area contributed by atoms with Crippen molar-refractivity contribution in [1.82, 2.24) is 10.6 Å². The van der Waals surface area contributed by atoms with Crippen molar-refractivity contribution in [3.8, 4) is 6.07 Å². The van der Waals surface area contributed by atoms with Gasteiger partial charge in [0, 0.05) is 17.6 Å². The monoisotopic (exact) mass is 341 g/mol. The molecule has 24 heavy (non-hydrogen) atoms. The average molecular weight is 341 g/mol. The van der Waals surface area contributed by atoms with Crippen LogP contribution in [0.3, 0.4) is 0 Å². The molecule has 1 aromatic carbocycles. The van der Waals surface area contributed by atoms with Gasteiger partial charge in [-0.1, -0.05) is 12.1 Å². The summed E-state index contributed by atoms with van der Waals surface area (Å²) in [6.45, 7) is -0.143. The minimum absolute atomic E-state index is 0.104. The van der Waals surface area contributed by atoms with Crippen LogP contribution in [0.25, 0.3) is 0 Å². The van der Waals surface area contributed by atoms with Crippen molar-refractivity contribution in [2.75, 3.05) is 0 Å². The lowest BCUT2D eigenvalue weighted by molar-refractivity contribution is -0.180. The molecule has 0 spiro atoms. The molecule has 3 aliphatic carbocycles. The van der Waals surface area contributed by atoms with Gasteiger partial charge in [0.1, 0.15) is 11.9 Å². The number of nitriles is 1. The predicted octanol–water partition coefficient (Wildman–Crippen LogP) is 3.23. The summed E-state index contributed by atoms with van der Waals surface area (Å²) >= 11 is 0. The van der Waals surface area contributed by atoms with Crippen molar-refractivity contribution < 1.29 is 22.4 Å². The molecule has 1 aromatic rings. The molecular formula is C16H15F4N3O. The Balaban J connectivity index is 1.56. The van der Waals surface area contributed by atoms with Gasteiger partial charge in [-0.2, -0.15) is 18.4 Å². The maximum absolute atomic E-state index is 13.9. The van der Waals surface area contributed by atoms with Gasteiger partial charge in [-0.25, -0.2) is 9.18 Å². The lowest BCUT2D eigenvalue weighted by atomic mass is 9.76. The molecule has 128 valence electrons. The first-order chi connectivity index (χ1) is 11.2. The smallest absolute Gasteiger partial charge is 0.334 e. The molecule has 2 amide bonds. The van der Waals surface area contributed by atoms with Crippen LogP contribution in [-0.2, 0) is 6.54 Å². The molecule has 4 rings (SSSR count). The van der Waals surface area contributed by atoms with Gasteiger partial charge < -0.3 is 10.6 Å². The quantitative estimate of drug-likeness (QED) is 0.829. The second kappa shape index (κ2) is 5.65. The summed E-state index contributed by atoms with van der Waals surface area (Å²) in [7, 11) is 0. The molecule has 3 fully saturated rings. The summed E-state index contributed by atoms with van der Waals surface area (Å²) in [4.78, 5) is 11.9. The van der Waals surface area contributed by atoms with E-state index >= 15 is 0 Å². The third kappa shape index (κ3) is 2.90. The van der Waals surface area contributed by atoms with Crippen LogP contribution in [0.5, 0.6) is 0 Å². The maximum atomic E-state index is 13.9. The molecule has 0 saturated heterocycles. The fraction of sp³-hybridized carbons (Fsp3) is 0.500. The average Bonchev–Trinajstić information content (AvgIpc) is 3.01. The van der Waals surface area contributed by atoms with Gasteiger partial charge >= 0.3 is 12.2 Å². The normalized spacial score (nSPS) is 28.0. The van der Waals surface area contributed by atoms with Crippen LogP contribution in [0.15, 0.2) is 18.2 Å². The predicted molar refractivity (Wildman–Crippen MR) is 76.1 cm³/mol. The minimum Gasteiger partial charge on any atom is -0.334 e. The molecule has 8 heteroatoms. The van der Waals surface area contributed by atoms with E-state index in [1.807, 2.05) is 0 Å². The molecule has 2 bridgehead atoms. The topological polar surface area (TPSA) is 64.9 Å². The Morgan fingerprint density at radius 3 is 2.62 bits per heavy atom. The second-order valence-corrected chi connectivity index (χ2v) is 6.50. The second-order valence-electron chi connectivity index (χ2n) is 6.50. The molecule has 3 saturated carbocycles. The Labute approximate surface area is 135 Å². The molecule has 2 N–H and O–H groups in total. The highest BCUT2D eigenvalue weighted by atomic mass is 19.4. The van der Waals surface area contributed by atoms with Crippen LogP contribution in [0.2, 0.25) is 0 Å². The van der Waals surface area contributed by atoms with Crippen molar-refractivity contribution in [3.05, 3.63) is 35.1 Å². The number of amides is 2. The number of carbonyl (C=O) groups is 1. The SMILES string of the molecule is N#Cc1cccc(CNC(=O)NC23CC(C2)C(C(F)(F)F)C3)c1F. The zero-order valence-corrected chi connectivity index (χ0v) is 12.6. The molecule has 0 aliphatic heterocycles. The number of hydrogen-bond donors (Lipinski definition) is 2. The number of hydrogen-bond acceptors (Lipinski definition) is 2. The highest BCUT2D eigenvalue weighted by Gasteiger charge is 2.64. The number of halogens is 4. The van der Waals surface area contributed by atoms with Crippen molar-refractivity contribution in [2.24, 2.45) is 11.8 Å². The summed E-state index contributed by atoms with van der Waals surface area (Å²) in [6, 6.07) is 5.33. The van der Waals surface area contributed by atoms with Crippen molar-refractivity contribution in [1.29, 1.82) is 5.26 Å². The first-order valence-electron chi connectivity index (χ1n) is 7.54. The van der Waals surface area contributed by atoms with E-state index in [1.54, 1.807) is 6.07 Å². The van der Waals surface area contributed by atoms with Gasteiger partial charge in [-0.05, 0) is 31.2 Å². The van der Waals surface area contributed by atoms with Gasteiger partial charge in [0.2, 0.25) is 0 Å². The summed E-state index contributed by atoms with van der Waals surface area (Å²) in [5, 5.41) is 13.8. The van der Waals surface area contributed by atoms with Crippen LogP contribution in [0, 0.1) is 29.0 Å². The van der Waals surface area contributed by atoms with E-state index in [0.717, 1.165) is 0 Å². The molecule has 0 aromatic heterocycles. The Bertz CT molecular complexity index is 704. The van der Waals surface area contributed by atoms with E-state index in [1.165, 1.54) is 18.2 Å². The summed E-state index contributed by atoms with van der Waals surface area (Å²) in [5.74, 6) is -2.49. The molecule has 1 unspecified atom stereocenters. The minimum atomic E-state index is -4.23. The highest BCUT2D eigenvalue weighted by Crippen LogP contribution is 2.60. The molecule has 4 nitrogen and oxygen atoms in total. The van der Waals surface area contributed by atoms with Crippen molar-refractivity contribution in [2.45, 2.75) is 37.5 Å². The van der Waals surface area contributed by atoms with Crippen molar-refractivity contribution >= 4 is 6.03 Å². The molecular weight excluding hydrogens is 326 g/mol. The number of benzene rings is 1. The summed E-state index contributed by atoms with van der Waals surface area (Å²) < 4.78 is 52.4. The highest BCUT2D eigenvalue weighted by molar-refractivity contribution is 5.75. The summed E-state index contributed by atoms with van der Waals surface area (Å²) in [6.07, 6.45) is -3.69. The van der Waals surface area contributed by atoms with Gasteiger partial charge in [0.25, 0.3) is 0 Å². The van der Waals surface area contributed by atoms with Crippen LogP contribution in [0.1, 0.15) is 30.4 Å². The van der Waals surface area contributed by atoms with Gasteiger partial charge in [-0.15, -0.1) is 0 Å². The molecule has 0 radical (unpaired) electrons. The number of nitrogens with one attached hydrogen (secondary N) is 2. The van der Waals surface area contributed by atoms with Crippen LogP contribution >= 0.6 is 0 Å². The first kappa shape index (κ1) is 16.6. The largest absolute Gasteiger partial charge is 0.392 e. The standard InChI is InChI=1S/C16H15F4N3O/c17-13-9(7-21)2-1-3-10(13)8-22-14(24)23-15-4-11(5-15)12(6-15)16(18,19)20/h1-3,11-12H,4-6,8H2,(H2,22,23,24).